The molecule has 5 amide bonds. The summed E-state index contributed by atoms with van der Waals surface area (Å²) in [6.07, 6.45) is -3.32. The zero-order valence-corrected chi connectivity index (χ0v) is 33.2. The number of hydrogen-bond acceptors (Lipinski definition) is 10. The molecular formula is C39H41F4N6O8PS. The second-order valence-corrected chi connectivity index (χ2v) is 16.2. The van der Waals surface area contributed by atoms with E-state index in [0.29, 0.717) is 35.2 Å². The van der Waals surface area contributed by atoms with Crippen LogP contribution in [0, 0.1) is 11.6 Å². The number of carbonyl (C=O) groups is 5. The first-order valence-electron chi connectivity index (χ1n) is 18.5. The predicted molar refractivity (Wildman–Crippen MR) is 208 cm³/mol. The van der Waals surface area contributed by atoms with Gasteiger partial charge in [0.1, 0.15) is 29.8 Å². The van der Waals surface area contributed by atoms with Crippen LogP contribution in [0.15, 0.2) is 72.8 Å². The maximum absolute atomic E-state index is 14.4. The zero-order chi connectivity index (χ0) is 42.6. The van der Waals surface area contributed by atoms with Crippen LogP contribution >= 0.6 is 19.9 Å². The smallest absolute Gasteiger partial charge is 0.370 e. The Balaban J connectivity index is 1.20. The van der Waals surface area contributed by atoms with Gasteiger partial charge in [0.2, 0.25) is 23.6 Å². The molecule has 2 aliphatic heterocycles. The summed E-state index contributed by atoms with van der Waals surface area (Å²) in [5.41, 5.74) is 5.65. The molecule has 20 heteroatoms. The number of nitrogens with one attached hydrogen (secondary N) is 3. The Hall–Kier alpha value is -5.04. The van der Waals surface area contributed by atoms with Crippen LogP contribution in [0.4, 0.5) is 17.6 Å². The van der Waals surface area contributed by atoms with Crippen LogP contribution < -0.4 is 21.7 Å². The van der Waals surface area contributed by atoms with Gasteiger partial charge in [0.05, 0.1) is 16.5 Å². The molecule has 4 atom stereocenters. The van der Waals surface area contributed by atoms with Crippen LogP contribution in [0.25, 0.3) is 10.1 Å². The summed E-state index contributed by atoms with van der Waals surface area (Å²) in [7, 11) is -1.58. The fourth-order valence-corrected chi connectivity index (χ4v) is 8.61. The van der Waals surface area contributed by atoms with Crippen LogP contribution in [-0.2, 0) is 29.8 Å². The zero-order valence-electron chi connectivity index (χ0n) is 31.4. The van der Waals surface area contributed by atoms with Crippen molar-refractivity contribution in [2.24, 2.45) is 5.73 Å². The van der Waals surface area contributed by atoms with Crippen molar-refractivity contribution in [3.05, 3.63) is 106 Å². The fraction of sp³-hybridized carbons (Fsp3) is 0.359. The van der Waals surface area contributed by atoms with Crippen molar-refractivity contribution in [3.8, 4) is 0 Å². The van der Waals surface area contributed by atoms with E-state index in [4.69, 9.17) is 15.5 Å². The van der Waals surface area contributed by atoms with Gasteiger partial charge < -0.3 is 41.3 Å². The molecule has 2 aliphatic rings. The van der Waals surface area contributed by atoms with E-state index in [0.717, 1.165) is 23.5 Å². The van der Waals surface area contributed by atoms with E-state index in [-0.39, 0.29) is 36.1 Å². The molecule has 7 N–H and O–H groups in total. The maximum atomic E-state index is 14.4. The number of fused-ring (bicyclic) bond motifs is 2. The van der Waals surface area contributed by atoms with Crippen molar-refractivity contribution in [3.63, 3.8) is 0 Å². The lowest BCUT2D eigenvalue weighted by Crippen LogP contribution is -2.61. The van der Waals surface area contributed by atoms with Gasteiger partial charge >= 0.3 is 14.7 Å². The quantitative estimate of drug-likeness (QED) is 0.0803. The molecule has 0 saturated carbocycles. The summed E-state index contributed by atoms with van der Waals surface area (Å²) in [5, 5.41) is 8.52. The molecule has 0 radical (unpaired) electrons. The number of halogens is 4. The standard InChI is InChI=1S/C39H41F4N6O8PS/c1-48-17-16-27-11-13-30(49(27)38(54)29(20-48)46-37(53)32-19-23-18-24(6-14-31(23)59-32)39(42,43)57-58(55)56)36(52)45-28(12-15-33(44)50)35(51)47-34(21-2-7-25(40)8-3-21)22-4-9-26(41)10-5-22/h2-10,14,18-19,27-30,34,55-56H,11-13,15-17,20H2,1H3,(H2,44,50)(H,45,52)(H,46,53)(H,47,51)/t27-,28+,29+,30+/m1/s1. The largest absolute Gasteiger partial charge is 0.389 e. The van der Waals surface area contributed by atoms with Crippen LogP contribution in [0.5, 0.6) is 0 Å². The van der Waals surface area contributed by atoms with Crippen molar-refractivity contribution >= 4 is 59.6 Å². The maximum Gasteiger partial charge on any atom is 0.389 e. The Labute approximate surface area is 340 Å². The van der Waals surface area contributed by atoms with Gasteiger partial charge in [0, 0.05) is 23.7 Å². The monoisotopic (exact) mass is 860 g/mol. The molecular weight excluding hydrogens is 819 g/mol. The highest BCUT2D eigenvalue weighted by atomic mass is 32.1. The van der Waals surface area contributed by atoms with Gasteiger partial charge in [-0.25, -0.2) is 13.3 Å². The number of hydrogen-bond donors (Lipinski definition) is 6. The van der Waals surface area contributed by atoms with Gasteiger partial charge in [-0.05, 0) is 104 Å². The lowest BCUT2D eigenvalue weighted by Gasteiger charge is -2.38. The molecule has 2 saturated heterocycles. The van der Waals surface area contributed by atoms with E-state index < -0.39 is 91.7 Å². The van der Waals surface area contributed by atoms with Gasteiger partial charge in [-0.2, -0.15) is 8.78 Å². The number of nitrogens with two attached hydrogens (primary N) is 1. The molecule has 0 bridgehead atoms. The van der Waals surface area contributed by atoms with Crippen LogP contribution in [0.1, 0.15) is 64.5 Å². The Bertz CT molecular complexity index is 2150. The number of carbonyl (C=O) groups excluding carboxylic acids is 5. The Morgan fingerprint density at radius 3 is 2.20 bits per heavy atom. The Morgan fingerprint density at radius 1 is 0.949 bits per heavy atom. The third-order valence-electron chi connectivity index (χ3n) is 10.3. The first-order chi connectivity index (χ1) is 28.0. The van der Waals surface area contributed by atoms with E-state index in [1.54, 1.807) is 7.05 Å². The number of primary amides is 1. The molecule has 6 rings (SSSR count). The number of alkyl halides is 2. The first kappa shape index (κ1) is 43.5. The van der Waals surface area contributed by atoms with Crippen LogP contribution in [0.2, 0.25) is 0 Å². The average molecular weight is 861 g/mol. The summed E-state index contributed by atoms with van der Waals surface area (Å²) in [4.78, 5) is 89.2. The molecule has 314 valence electrons. The lowest BCUT2D eigenvalue weighted by atomic mass is 9.97. The third kappa shape index (κ3) is 10.6. The minimum Gasteiger partial charge on any atom is -0.370 e. The minimum atomic E-state index is -4.01. The summed E-state index contributed by atoms with van der Waals surface area (Å²) in [6, 6.07) is 10.5. The SMILES string of the molecule is CN1CC[C@H]2CC[C@@H](C(=O)N[C@@H](CCC(N)=O)C(=O)NC(c3ccc(F)cc3)c3ccc(F)cc3)N2C(=O)[C@@H](NC(=O)c2cc3cc(C(F)(F)OP(O)O)ccc3s2)C1. The highest BCUT2D eigenvalue weighted by Gasteiger charge is 2.45. The molecule has 0 aliphatic carbocycles. The summed E-state index contributed by atoms with van der Waals surface area (Å²) >= 11 is 0.983. The molecule has 0 unspecified atom stereocenters. The highest BCUT2D eigenvalue weighted by molar-refractivity contribution is 7.39. The summed E-state index contributed by atoms with van der Waals surface area (Å²) in [5.74, 6) is -4.41. The predicted octanol–water partition coefficient (Wildman–Crippen LogP) is 3.91. The molecule has 3 heterocycles. The van der Waals surface area contributed by atoms with Crippen LogP contribution in [-0.4, -0.2) is 93.4 Å². The first-order valence-corrected chi connectivity index (χ1v) is 20.5. The summed E-state index contributed by atoms with van der Waals surface area (Å²) in [6.45, 7) is 0.586. The van der Waals surface area contributed by atoms with Crippen molar-refractivity contribution in [1.82, 2.24) is 25.8 Å². The molecule has 3 aromatic carbocycles. The van der Waals surface area contributed by atoms with Crippen molar-refractivity contribution in [2.45, 2.75) is 68.4 Å². The highest BCUT2D eigenvalue weighted by Crippen LogP contribution is 2.42. The number of benzene rings is 3. The molecule has 4 aromatic rings. The normalized spacial score (nSPS) is 19.3. The van der Waals surface area contributed by atoms with E-state index in [2.05, 4.69) is 20.5 Å². The minimum absolute atomic E-state index is 0.0733. The molecule has 0 spiro atoms. The van der Waals surface area contributed by atoms with E-state index in [9.17, 15) is 41.5 Å². The number of amides is 5. The number of likely N-dealkylation sites (N-methyl/N-ethyl adjacent to an activating group) is 1. The number of nitrogens with zero attached hydrogens (tertiary/aromatic N) is 2. The van der Waals surface area contributed by atoms with Gasteiger partial charge in [0.15, 0.2) is 0 Å². The summed E-state index contributed by atoms with van der Waals surface area (Å²) < 4.78 is 60.9. The molecule has 59 heavy (non-hydrogen) atoms. The molecule has 14 nitrogen and oxygen atoms in total. The second kappa shape index (κ2) is 18.5. The van der Waals surface area contributed by atoms with Crippen molar-refractivity contribution < 1.29 is 55.8 Å². The van der Waals surface area contributed by atoms with Gasteiger partial charge in [0.25, 0.3) is 5.91 Å². The fourth-order valence-electron chi connectivity index (χ4n) is 7.35. The molecule has 2 fully saturated rings. The van der Waals surface area contributed by atoms with Gasteiger partial charge in [-0.1, -0.05) is 24.3 Å². The lowest BCUT2D eigenvalue weighted by molar-refractivity contribution is -0.189. The van der Waals surface area contributed by atoms with Crippen molar-refractivity contribution in [1.29, 1.82) is 0 Å². The molecule has 1 aromatic heterocycles. The van der Waals surface area contributed by atoms with Crippen molar-refractivity contribution in [2.75, 3.05) is 20.1 Å². The van der Waals surface area contributed by atoms with Crippen LogP contribution in [0.3, 0.4) is 0 Å². The third-order valence-corrected chi connectivity index (χ3v) is 11.8. The Morgan fingerprint density at radius 2 is 1.59 bits per heavy atom. The number of thiophene rings is 1. The number of rotatable bonds is 14. The topological polar surface area (TPSA) is 204 Å². The van der Waals surface area contributed by atoms with E-state index in [1.165, 1.54) is 65.6 Å². The van der Waals surface area contributed by atoms with E-state index in [1.807, 2.05) is 4.90 Å². The Kier molecular flexibility index (Phi) is 13.6. The van der Waals surface area contributed by atoms with Gasteiger partial charge in [-0.3, -0.25) is 24.0 Å². The van der Waals surface area contributed by atoms with E-state index >= 15 is 0 Å². The average Bonchev–Trinajstić information content (AvgIpc) is 3.81. The van der Waals surface area contributed by atoms with Gasteiger partial charge in [-0.15, -0.1) is 11.3 Å². The second-order valence-electron chi connectivity index (χ2n) is 14.4.